The predicted octanol–water partition coefficient (Wildman–Crippen LogP) is 3.31. The van der Waals surface area contributed by atoms with Crippen molar-refractivity contribution in [3.8, 4) is 11.3 Å². The van der Waals surface area contributed by atoms with Crippen LogP contribution in [-0.4, -0.2) is 4.98 Å². The van der Waals surface area contributed by atoms with Crippen molar-refractivity contribution in [2.45, 2.75) is 13.3 Å². The first-order valence-electron chi connectivity index (χ1n) is 4.91. The van der Waals surface area contributed by atoms with Crippen LogP contribution in [0.15, 0.2) is 48.7 Å². The Morgan fingerprint density at radius 3 is 2.50 bits per heavy atom. The highest BCUT2D eigenvalue weighted by Crippen LogP contribution is 2.21. The van der Waals surface area contributed by atoms with Gasteiger partial charge in [0.1, 0.15) is 0 Å². The van der Waals surface area contributed by atoms with E-state index in [9.17, 15) is 0 Å². The van der Waals surface area contributed by atoms with E-state index in [0.29, 0.717) is 0 Å². The Bertz CT molecular complexity index is 407. The van der Waals surface area contributed by atoms with E-state index < -0.39 is 0 Å². The molecule has 2 rings (SSSR count). The van der Waals surface area contributed by atoms with Crippen LogP contribution in [0.25, 0.3) is 11.3 Å². The van der Waals surface area contributed by atoms with Crippen molar-refractivity contribution in [3.05, 3.63) is 54.2 Å². The number of benzene rings is 1. The molecular weight excluding hydrogens is 170 g/mol. The summed E-state index contributed by atoms with van der Waals surface area (Å²) in [7, 11) is 0. The van der Waals surface area contributed by atoms with Gasteiger partial charge in [0.05, 0.1) is 5.69 Å². The molecule has 1 aromatic heterocycles. The second kappa shape index (κ2) is 4.05. The van der Waals surface area contributed by atoms with Gasteiger partial charge in [-0.15, -0.1) is 0 Å². The molecular formula is C13H13N. The van der Waals surface area contributed by atoms with E-state index >= 15 is 0 Å². The van der Waals surface area contributed by atoms with E-state index in [0.717, 1.165) is 12.1 Å². The Morgan fingerprint density at radius 1 is 1.00 bits per heavy atom. The zero-order valence-corrected chi connectivity index (χ0v) is 8.27. The molecule has 0 N–H and O–H groups in total. The van der Waals surface area contributed by atoms with Gasteiger partial charge in [-0.3, -0.25) is 4.98 Å². The fraction of sp³-hybridized carbons (Fsp3) is 0.154. The molecule has 0 atom stereocenters. The maximum atomic E-state index is 4.36. The molecule has 0 aliphatic rings. The molecule has 1 heteroatoms. The fourth-order valence-electron chi connectivity index (χ4n) is 1.60. The normalized spacial score (nSPS) is 10.1. The standard InChI is InChI=1S/C13H13N/c1-2-11-7-3-4-8-12(11)13-9-5-6-10-14-13/h3-10H,2H2,1H3. The first kappa shape index (κ1) is 8.95. The van der Waals surface area contributed by atoms with Gasteiger partial charge in [-0.25, -0.2) is 0 Å². The van der Waals surface area contributed by atoms with Crippen LogP contribution in [0.3, 0.4) is 0 Å². The Balaban J connectivity index is 2.51. The van der Waals surface area contributed by atoms with Crippen LogP contribution in [-0.2, 0) is 6.42 Å². The zero-order valence-electron chi connectivity index (χ0n) is 8.27. The lowest BCUT2D eigenvalue weighted by atomic mass is 10.0. The predicted molar refractivity (Wildman–Crippen MR) is 59.1 cm³/mol. The highest BCUT2D eigenvalue weighted by atomic mass is 14.7. The number of pyridine rings is 1. The summed E-state index contributed by atoms with van der Waals surface area (Å²) >= 11 is 0. The van der Waals surface area contributed by atoms with Crippen molar-refractivity contribution in [1.29, 1.82) is 0 Å². The number of nitrogens with zero attached hydrogens (tertiary/aromatic N) is 1. The summed E-state index contributed by atoms with van der Waals surface area (Å²) in [5.74, 6) is 0. The van der Waals surface area contributed by atoms with Crippen LogP contribution in [0, 0.1) is 0 Å². The molecule has 0 aliphatic carbocycles. The van der Waals surface area contributed by atoms with Gasteiger partial charge in [-0.1, -0.05) is 37.3 Å². The molecule has 0 bridgehead atoms. The minimum Gasteiger partial charge on any atom is -0.256 e. The summed E-state index contributed by atoms with van der Waals surface area (Å²) in [6.07, 6.45) is 2.88. The second-order valence-corrected chi connectivity index (χ2v) is 3.23. The van der Waals surface area contributed by atoms with Crippen molar-refractivity contribution in [1.82, 2.24) is 4.98 Å². The summed E-state index contributed by atoms with van der Waals surface area (Å²) in [6.45, 7) is 2.17. The van der Waals surface area contributed by atoms with Gasteiger partial charge in [0.2, 0.25) is 0 Å². The van der Waals surface area contributed by atoms with Crippen LogP contribution in [0.1, 0.15) is 12.5 Å². The van der Waals surface area contributed by atoms with E-state index in [1.807, 2.05) is 18.3 Å². The SMILES string of the molecule is CCc1ccccc1-c1ccccn1. The summed E-state index contributed by atoms with van der Waals surface area (Å²) < 4.78 is 0. The molecule has 0 radical (unpaired) electrons. The quantitative estimate of drug-likeness (QED) is 0.696. The molecule has 0 saturated carbocycles. The van der Waals surface area contributed by atoms with E-state index in [1.54, 1.807) is 0 Å². The Hall–Kier alpha value is -1.63. The third kappa shape index (κ3) is 1.67. The number of aryl methyl sites for hydroxylation is 1. The molecule has 70 valence electrons. The monoisotopic (exact) mass is 183 g/mol. The molecule has 0 saturated heterocycles. The second-order valence-electron chi connectivity index (χ2n) is 3.23. The van der Waals surface area contributed by atoms with Crippen molar-refractivity contribution in [2.24, 2.45) is 0 Å². The van der Waals surface area contributed by atoms with Crippen molar-refractivity contribution >= 4 is 0 Å². The number of hydrogen-bond donors (Lipinski definition) is 0. The summed E-state index contributed by atoms with van der Waals surface area (Å²) in [6, 6.07) is 14.4. The lowest BCUT2D eigenvalue weighted by Crippen LogP contribution is -1.88. The molecule has 14 heavy (non-hydrogen) atoms. The molecule has 0 amide bonds. The third-order valence-corrected chi connectivity index (χ3v) is 2.34. The summed E-state index contributed by atoms with van der Waals surface area (Å²) in [5, 5.41) is 0. The molecule has 2 aromatic rings. The van der Waals surface area contributed by atoms with Crippen molar-refractivity contribution in [3.63, 3.8) is 0 Å². The maximum Gasteiger partial charge on any atom is 0.0704 e. The third-order valence-electron chi connectivity index (χ3n) is 2.34. The van der Waals surface area contributed by atoms with E-state index in [-0.39, 0.29) is 0 Å². The first-order chi connectivity index (χ1) is 6.92. The highest BCUT2D eigenvalue weighted by Gasteiger charge is 2.02. The molecule has 0 aliphatic heterocycles. The number of hydrogen-bond acceptors (Lipinski definition) is 1. The smallest absolute Gasteiger partial charge is 0.0704 e. The van der Waals surface area contributed by atoms with Gasteiger partial charge in [-0.05, 0) is 24.1 Å². The molecule has 1 nitrogen and oxygen atoms in total. The van der Waals surface area contributed by atoms with Crippen LogP contribution >= 0.6 is 0 Å². The highest BCUT2D eigenvalue weighted by molar-refractivity contribution is 5.63. The Kier molecular flexibility index (Phi) is 2.59. The largest absolute Gasteiger partial charge is 0.256 e. The van der Waals surface area contributed by atoms with Gasteiger partial charge in [0, 0.05) is 11.8 Å². The van der Waals surface area contributed by atoms with Crippen molar-refractivity contribution < 1.29 is 0 Å². The van der Waals surface area contributed by atoms with Gasteiger partial charge in [0.25, 0.3) is 0 Å². The average molecular weight is 183 g/mol. The fourth-order valence-corrected chi connectivity index (χ4v) is 1.60. The summed E-state index contributed by atoms with van der Waals surface area (Å²) in [4.78, 5) is 4.36. The molecule has 1 heterocycles. The van der Waals surface area contributed by atoms with Crippen molar-refractivity contribution in [2.75, 3.05) is 0 Å². The Morgan fingerprint density at radius 2 is 1.79 bits per heavy atom. The van der Waals surface area contributed by atoms with Gasteiger partial charge in [0.15, 0.2) is 0 Å². The van der Waals surface area contributed by atoms with Crippen LogP contribution in [0.5, 0.6) is 0 Å². The summed E-state index contributed by atoms with van der Waals surface area (Å²) in [5.41, 5.74) is 3.66. The topological polar surface area (TPSA) is 12.9 Å². The maximum absolute atomic E-state index is 4.36. The van der Waals surface area contributed by atoms with Crippen LogP contribution in [0.2, 0.25) is 0 Å². The zero-order chi connectivity index (χ0) is 9.80. The molecule has 1 aromatic carbocycles. The van der Waals surface area contributed by atoms with E-state index in [4.69, 9.17) is 0 Å². The van der Waals surface area contributed by atoms with E-state index in [1.165, 1.54) is 11.1 Å². The molecule has 0 fully saturated rings. The van der Waals surface area contributed by atoms with Crippen LogP contribution < -0.4 is 0 Å². The number of aromatic nitrogens is 1. The van der Waals surface area contributed by atoms with Gasteiger partial charge in [-0.2, -0.15) is 0 Å². The van der Waals surface area contributed by atoms with E-state index in [2.05, 4.69) is 42.2 Å². The van der Waals surface area contributed by atoms with Gasteiger partial charge >= 0.3 is 0 Å². The minimum absolute atomic E-state index is 1.05. The first-order valence-corrected chi connectivity index (χ1v) is 4.91. The lowest BCUT2D eigenvalue weighted by Gasteiger charge is -2.05. The van der Waals surface area contributed by atoms with Crippen LogP contribution in [0.4, 0.5) is 0 Å². The molecule has 0 unspecified atom stereocenters. The average Bonchev–Trinajstić information content (AvgIpc) is 2.30. The number of rotatable bonds is 2. The lowest BCUT2D eigenvalue weighted by molar-refractivity contribution is 1.13. The Labute approximate surface area is 84.4 Å². The van der Waals surface area contributed by atoms with Gasteiger partial charge < -0.3 is 0 Å². The molecule has 0 spiro atoms. The minimum atomic E-state index is 1.05.